The number of benzene rings is 2. The third kappa shape index (κ3) is 4.52. The van der Waals surface area contributed by atoms with Gasteiger partial charge in [-0.15, -0.1) is 0 Å². The molecule has 4 heteroatoms. The predicted octanol–water partition coefficient (Wildman–Crippen LogP) is 3.04. The lowest BCUT2D eigenvalue weighted by molar-refractivity contribution is -0.132. The zero-order valence-electron chi connectivity index (χ0n) is 13.2. The number of carbonyl (C=O) groups excluding carboxylic acids is 1. The Morgan fingerprint density at radius 3 is 2.45 bits per heavy atom. The summed E-state index contributed by atoms with van der Waals surface area (Å²) in [6.07, 6.45) is 0. The summed E-state index contributed by atoms with van der Waals surface area (Å²) in [6, 6.07) is 15.4. The van der Waals surface area contributed by atoms with Crippen molar-refractivity contribution in [2.45, 2.75) is 13.5 Å². The fourth-order valence-electron chi connectivity index (χ4n) is 2.00. The first-order valence-electron chi connectivity index (χ1n) is 7.15. The summed E-state index contributed by atoms with van der Waals surface area (Å²) in [5.41, 5.74) is 2.31. The van der Waals surface area contributed by atoms with Crippen molar-refractivity contribution in [3.8, 4) is 11.5 Å². The molecular formula is C18H21NO3. The average molecular weight is 299 g/mol. The summed E-state index contributed by atoms with van der Waals surface area (Å²) >= 11 is 0. The van der Waals surface area contributed by atoms with Crippen LogP contribution < -0.4 is 9.47 Å². The third-order valence-corrected chi connectivity index (χ3v) is 3.37. The fourth-order valence-corrected chi connectivity index (χ4v) is 2.00. The lowest BCUT2D eigenvalue weighted by atomic mass is 10.1. The van der Waals surface area contributed by atoms with Gasteiger partial charge in [-0.25, -0.2) is 0 Å². The molecule has 0 N–H and O–H groups in total. The maximum absolute atomic E-state index is 12.1. The molecule has 0 saturated heterocycles. The lowest BCUT2D eigenvalue weighted by Crippen LogP contribution is -2.30. The second-order valence-corrected chi connectivity index (χ2v) is 5.20. The monoisotopic (exact) mass is 299 g/mol. The van der Waals surface area contributed by atoms with Crippen molar-refractivity contribution in [1.82, 2.24) is 4.90 Å². The highest BCUT2D eigenvalue weighted by Gasteiger charge is 2.10. The highest BCUT2D eigenvalue weighted by atomic mass is 16.5. The van der Waals surface area contributed by atoms with Crippen LogP contribution in [0.2, 0.25) is 0 Å². The van der Waals surface area contributed by atoms with Crippen LogP contribution in [0.3, 0.4) is 0 Å². The van der Waals surface area contributed by atoms with E-state index in [4.69, 9.17) is 9.47 Å². The van der Waals surface area contributed by atoms with Crippen molar-refractivity contribution in [2.24, 2.45) is 0 Å². The Morgan fingerprint density at radius 1 is 1.09 bits per heavy atom. The van der Waals surface area contributed by atoms with Crippen molar-refractivity contribution in [3.05, 3.63) is 59.7 Å². The van der Waals surface area contributed by atoms with Gasteiger partial charge in [0, 0.05) is 19.7 Å². The zero-order valence-corrected chi connectivity index (χ0v) is 13.2. The molecule has 0 unspecified atom stereocenters. The average Bonchev–Trinajstić information content (AvgIpc) is 2.54. The molecule has 0 heterocycles. The number of rotatable bonds is 6. The highest BCUT2D eigenvalue weighted by molar-refractivity contribution is 5.77. The maximum atomic E-state index is 12.1. The molecular weight excluding hydrogens is 278 g/mol. The number of hydrogen-bond acceptors (Lipinski definition) is 3. The van der Waals surface area contributed by atoms with Gasteiger partial charge in [-0.05, 0) is 24.6 Å². The summed E-state index contributed by atoms with van der Waals surface area (Å²) in [4.78, 5) is 13.8. The molecule has 2 aromatic rings. The Kier molecular flexibility index (Phi) is 5.42. The highest BCUT2D eigenvalue weighted by Crippen LogP contribution is 2.18. The zero-order chi connectivity index (χ0) is 15.9. The van der Waals surface area contributed by atoms with Gasteiger partial charge >= 0.3 is 0 Å². The predicted molar refractivity (Wildman–Crippen MR) is 86.1 cm³/mol. The van der Waals surface area contributed by atoms with E-state index in [1.165, 1.54) is 5.56 Å². The van der Waals surface area contributed by atoms with Gasteiger partial charge in [0.2, 0.25) is 0 Å². The summed E-state index contributed by atoms with van der Waals surface area (Å²) in [6.45, 7) is 2.62. The number of methoxy groups -OCH3 is 1. The van der Waals surface area contributed by atoms with E-state index in [9.17, 15) is 4.79 Å². The Morgan fingerprint density at radius 2 is 1.77 bits per heavy atom. The standard InChI is InChI=1S/C18H21NO3/c1-14-7-9-15(10-8-14)12-19(2)18(20)13-22-17-6-4-5-16(11-17)21-3/h4-11H,12-13H2,1-3H3. The van der Waals surface area contributed by atoms with Gasteiger partial charge in [-0.3, -0.25) is 4.79 Å². The minimum atomic E-state index is -0.0663. The molecule has 0 aliphatic carbocycles. The van der Waals surface area contributed by atoms with Crippen molar-refractivity contribution >= 4 is 5.91 Å². The van der Waals surface area contributed by atoms with E-state index in [2.05, 4.69) is 0 Å². The summed E-state index contributed by atoms with van der Waals surface area (Å²) in [7, 11) is 3.37. The van der Waals surface area contributed by atoms with Gasteiger partial charge in [0.05, 0.1) is 7.11 Å². The number of aryl methyl sites for hydroxylation is 1. The normalized spacial score (nSPS) is 10.1. The van der Waals surface area contributed by atoms with Crippen LogP contribution in [0.1, 0.15) is 11.1 Å². The van der Waals surface area contributed by atoms with Gasteiger partial charge in [-0.2, -0.15) is 0 Å². The van der Waals surface area contributed by atoms with Crippen LogP contribution >= 0.6 is 0 Å². The molecule has 0 aliphatic heterocycles. The molecule has 0 aliphatic rings. The topological polar surface area (TPSA) is 38.8 Å². The van der Waals surface area contributed by atoms with E-state index in [1.54, 1.807) is 31.2 Å². The number of ether oxygens (including phenoxy) is 2. The molecule has 0 radical (unpaired) electrons. The maximum Gasteiger partial charge on any atom is 0.260 e. The molecule has 0 fully saturated rings. The van der Waals surface area contributed by atoms with Gasteiger partial charge in [0.25, 0.3) is 5.91 Å². The van der Waals surface area contributed by atoms with Crippen molar-refractivity contribution in [2.75, 3.05) is 20.8 Å². The molecule has 4 nitrogen and oxygen atoms in total. The first-order valence-corrected chi connectivity index (χ1v) is 7.15. The third-order valence-electron chi connectivity index (χ3n) is 3.37. The largest absolute Gasteiger partial charge is 0.497 e. The van der Waals surface area contributed by atoms with Gasteiger partial charge in [-0.1, -0.05) is 35.9 Å². The summed E-state index contributed by atoms with van der Waals surface area (Å²) in [5, 5.41) is 0. The molecule has 116 valence electrons. The second-order valence-electron chi connectivity index (χ2n) is 5.20. The van der Waals surface area contributed by atoms with E-state index in [-0.39, 0.29) is 12.5 Å². The Labute approximate surface area is 131 Å². The van der Waals surface area contributed by atoms with Crippen LogP contribution in [-0.4, -0.2) is 31.6 Å². The van der Waals surface area contributed by atoms with Crippen molar-refractivity contribution in [1.29, 1.82) is 0 Å². The van der Waals surface area contributed by atoms with E-state index in [0.717, 1.165) is 5.56 Å². The first-order chi connectivity index (χ1) is 10.6. The van der Waals surface area contributed by atoms with Crippen LogP contribution in [0, 0.1) is 6.92 Å². The summed E-state index contributed by atoms with van der Waals surface area (Å²) in [5.74, 6) is 1.26. The SMILES string of the molecule is COc1cccc(OCC(=O)N(C)Cc2ccc(C)cc2)c1. The van der Waals surface area contributed by atoms with Crippen LogP contribution in [0.25, 0.3) is 0 Å². The van der Waals surface area contributed by atoms with Gasteiger partial charge < -0.3 is 14.4 Å². The molecule has 0 spiro atoms. The molecule has 0 aromatic heterocycles. The fraction of sp³-hybridized carbons (Fsp3) is 0.278. The molecule has 0 atom stereocenters. The van der Waals surface area contributed by atoms with Gasteiger partial charge in [0.15, 0.2) is 6.61 Å². The van der Waals surface area contributed by atoms with E-state index >= 15 is 0 Å². The van der Waals surface area contributed by atoms with Crippen LogP contribution in [0.4, 0.5) is 0 Å². The van der Waals surface area contributed by atoms with E-state index in [0.29, 0.717) is 18.0 Å². The van der Waals surface area contributed by atoms with E-state index < -0.39 is 0 Å². The smallest absolute Gasteiger partial charge is 0.260 e. The van der Waals surface area contributed by atoms with Crippen molar-refractivity contribution < 1.29 is 14.3 Å². The summed E-state index contributed by atoms with van der Waals surface area (Å²) < 4.78 is 10.6. The molecule has 2 rings (SSSR count). The van der Waals surface area contributed by atoms with E-state index in [1.807, 2.05) is 43.3 Å². The van der Waals surface area contributed by atoms with Crippen LogP contribution in [0.5, 0.6) is 11.5 Å². The minimum absolute atomic E-state index is 0.00945. The molecule has 0 bridgehead atoms. The second kappa shape index (κ2) is 7.50. The molecule has 1 amide bonds. The number of hydrogen-bond donors (Lipinski definition) is 0. The van der Waals surface area contributed by atoms with Crippen molar-refractivity contribution in [3.63, 3.8) is 0 Å². The van der Waals surface area contributed by atoms with Crippen LogP contribution in [0.15, 0.2) is 48.5 Å². The molecule has 0 saturated carbocycles. The quantitative estimate of drug-likeness (QED) is 0.823. The number of nitrogens with zero attached hydrogens (tertiary/aromatic N) is 1. The Bertz CT molecular complexity index is 622. The Hall–Kier alpha value is -2.49. The number of amides is 1. The molecule has 2 aromatic carbocycles. The first kappa shape index (κ1) is 15.9. The number of carbonyl (C=O) groups is 1. The minimum Gasteiger partial charge on any atom is -0.497 e. The Balaban J connectivity index is 1.86. The number of likely N-dealkylation sites (N-methyl/N-ethyl adjacent to an activating group) is 1. The molecule has 22 heavy (non-hydrogen) atoms. The lowest BCUT2D eigenvalue weighted by Gasteiger charge is -2.18. The van der Waals surface area contributed by atoms with Gasteiger partial charge in [0.1, 0.15) is 11.5 Å². The van der Waals surface area contributed by atoms with Crippen LogP contribution in [-0.2, 0) is 11.3 Å².